The molecule has 0 aliphatic carbocycles. The zero-order chi connectivity index (χ0) is 17.0. The fraction of sp³-hybridized carbons (Fsp3) is 0.250. The van der Waals surface area contributed by atoms with E-state index < -0.39 is 4.92 Å². The van der Waals surface area contributed by atoms with Crippen molar-refractivity contribution in [2.75, 3.05) is 14.1 Å². The number of hydrogen-bond acceptors (Lipinski definition) is 5. The van der Waals surface area contributed by atoms with Gasteiger partial charge in [0.05, 0.1) is 16.4 Å². The van der Waals surface area contributed by atoms with Crippen LogP contribution in [0, 0.1) is 13.7 Å². The molecule has 1 N–H and O–H groups in total. The smallest absolute Gasteiger partial charge is 0.283 e. The van der Waals surface area contributed by atoms with Gasteiger partial charge in [-0.05, 0) is 72.1 Å². The highest BCUT2D eigenvalue weighted by Gasteiger charge is 2.17. The van der Waals surface area contributed by atoms with Crippen LogP contribution in [0.1, 0.15) is 11.1 Å². The normalized spacial score (nSPS) is 11.0. The summed E-state index contributed by atoms with van der Waals surface area (Å²) in [6.07, 6.45) is 0. The molecule has 23 heavy (non-hydrogen) atoms. The van der Waals surface area contributed by atoms with Gasteiger partial charge in [0.2, 0.25) is 0 Å². The molecular weight excluding hydrogens is 427 g/mol. The number of aliphatic hydroxyl groups is 1. The number of benzene rings is 2. The standard InChI is InChI=1S/C16H17IN2O3S/c1-18(2)9-12-8-13(17)4-6-15(12)23-16-5-3-11(10-20)7-14(16)19(21)22/h3-8,20H,9-10H2,1-2H3. The van der Waals surface area contributed by atoms with Crippen molar-refractivity contribution in [3.05, 3.63) is 61.2 Å². The van der Waals surface area contributed by atoms with Crippen LogP contribution in [0.3, 0.4) is 0 Å². The summed E-state index contributed by atoms with van der Waals surface area (Å²) in [5.74, 6) is 0. The molecule has 0 spiro atoms. The minimum atomic E-state index is -0.403. The third-order valence-corrected chi connectivity index (χ3v) is 4.99. The van der Waals surface area contributed by atoms with Gasteiger partial charge >= 0.3 is 0 Å². The lowest BCUT2D eigenvalue weighted by molar-refractivity contribution is -0.387. The Morgan fingerprint density at radius 1 is 1.22 bits per heavy atom. The summed E-state index contributed by atoms with van der Waals surface area (Å²) in [6.45, 7) is 0.558. The van der Waals surface area contributed by atoms with E-state index in [0.717, 1.165) is 20.6 Å². The Morgan fingerprint density at radius 3 is 2.52 bits per heavy atom. The van der Waals surface area contributed by atoms with Crippen molar-refractivity contribution in [2.45, 2.75) is 22.9 Å². The molecule has 0 bridgehead atoms. The number of nitrogens with zero attached hydrogens (tertiary/aromatic N) is 2. The van der Waals surface area contributed by atoms with Gasteiger partial charge < -0.3 is 10.0 Å². The molecule has 7 heteroatoms. The van der Waals surface area contributed by atoms with Crippen LogP contribution in [0.4, 0.5) is 5.69 Å². The van der Waals surface area contributed by atoms with Gasteiger partial charge in [0.1, 0.15) is 0 Å². The third kappa shape index (κ3) is 4.90. The molecule has 2 rings (SSSR count). The molecule has 0 fully saturated rings. The summed E-state index contributed by atoms with van der Waals surface area (Å²) in [7, 11) is 3.99. The second-order valence-corrected chi connectivity index (χ2v) is 7.64. The Balaban J connectivity index is 2.41. The van der Waals surface area contributed by atoms with E-state index >= 15 is 0 Å². The Labute approximate surface area is 153 Å². The molecule has 5 nitrogen and oxygen atoms in total. The molecule has 0 saturated carbocycles. The summed E-state index contributed by atoms with van der Waals surface area (Å²) in [5.41, 5.74) is 1.69. The van der Waals surface area contributed by atoms with Crippen molar-refractivity contribution < 1.29 is 10.0 Å². The topological polar surface area (TPSA) is 66.6 Å². The Morgan fingerprint density at radius 2 is 1.91 bits per heavy atom. The molecule has 0 atom stereocenters. The molecule has 0 saturated heterocycles. The third-order valence-electron chi connectivity index (χ3n) is 3.13. The molecule has 122 valence electrons. The summed E-state index contributed by atoms with van der Waals surface area (Å²) < 4.78 is 1.13. The number of aliphatic hydroxyl groups excluding tert-OH is 1. The summed E-state index contributed by atoms with van der Waals surface area (Å²) >= 11 is 3.65. The van der Waals surface area contributed by atoms with Crippen LogP contribution in [-0.4, -0.2) is 29.0 Å². The fourth-order valence-corrected chi connectivity index (χ4v) is 3.68. The summed E-state index contributed by atoms with van der Waals surface area (Å²) in [4.78, 5) is 14.5. The predicted octanol–water partition coefficient (Wildman–Crippen LogP) is 3.90. The van der Waals surface area contributed by atoms with Crippen LogP contribution in [0.15, 0.2) is 46.2 Å². The lowest BCUT2D eigenvalue weighted by Gasteiger charge is -2.14. The van der Waals surface area contributed by atoms with Crippen LogP contribution < -0.4 is 0 Å². The van der Waals surface area contributed by atoms with Crippen LogP contribution in [-0.2, 0) is 13.2 Å². The largest absolute Gasteiger partial charge is 0.392 e. The van der Waals surface area contributed by atoms with Crippen molar-refractivity contribution in [1.29, 1.82) is 0 Å². The number of halogens is 1. The highest BCUT2D eigenvalue weighted by molar-refractivity contribution is 14.1. The molecular formula is C16H17IN2O3S. The first-order chi connectivity index (χ1) is 10.9. The van der Waals surface area contributed by atoms with Gasteiger partial charge in [0, 0.05) is 21.1 Å². The van der Waals surface area contributed by atoms with Crippen molar-refractivity contribution in [3.63, 3.8) is 0 Å². The fourth-order valence-electron chi connectivity index (χ4n) is 2.12. The van der Waals surface area contributed by atoms with Crippen molar-refractivity contribution >= 4 is 40.0 Å². The molecule has 0 aliphatic rings. The monoisotopic (exact) mass is 444 g/mol. The van der Waals surface area contributed by atoms with Gasteiger partial charge in [-0.1, -0.05) is 17.8 Å². The van der Waals surface area contributed by atoms with E-state index in [1.165, 1.54) is 17.8 Å². The van der Waals surface area contributed by atoms with E-state index in [1.54, 1.807) is 12.1 Å². The lowest BCUT2D eigenvalue weighted by Crippen LogP contribution is -2.11. The average Bonchev–Trinajstić information content (AvgIpc) is 2.49. The summed E-state index contributed by atoms with van der Waals surface area (Å²) in [5, 5.41) is 20.5. The van der Waals surface area contributed by atoms with Crippen LogP contribution in [0.2, 0.25) is 0 Å². The molecule has 0 radical (unpaired) electrons. The molecule has 0 heterocycles. The average molecular weight is 444 g/mol. The van der Waals surface area contributed by atoms with Crippen LogP contribution >= 0.6 is 34.4 Å². The second-order valence-electron chi connectivity index (χ2n) is 5.31. The van der Waals surface area contributed by atoms with Gasteiger partial charge in [-0.15, -0.1) is 0 Å². The van der Waals surface area contributed by atoms with E-state index in [9.17, 15) is 10.1 Å². The van der Waals surface area contributed by atoms with Crippen molar-refractivity contribution in [1.82, 2.24) is 4.90 Å². The van der Waals surface area contributed by atoms with E-state index in [4.69, 9.17) is 5.11 Å². The number of rotatable bonds is 6. The highest BCUT2D eigenvalue weighted by Crippen LogP contribution is 2.37. The zero-order valence-corrected chi connectivity index (χ0v) is 15.8. The highest BCUT2D eigenvalue weighted by atomic mass is 127. The van der Waals surface area contributed by atoms with Crippen molar-refractivity contribution in [3.8, 4) is 0 Å². The van der Waals surface area contributed by atoms with Gasteiger partial charge in [-0.2, -0.15) is 0 Å². The maximum atomic E-state index is 11.3. The Bertz CT molecular complexity index is 722. The Kier molecular flexibility index (Phi) is 6.40. The number of nitro groups is 1. The molecule has 0 aliphatic heterocycles. The van der Waals surface area contributed by atoms with Gasteiger partial charge in [0.25, 0.3) is 5.69 Å². The van der Waals surface area contributed by atoms with Gasteiger partial charge in [-0.3, -0.25) is 10.1 Å². The van der Waals surface area contributed by atoms with E-state index in [-0.39, 0.29) is 12.3 Å². The Hall–Kier alpha value is -1.16. The maximum Gasteiger partial charge on any atom is 0.283 e. The maximum absolute atomic E-state index is 11.3. The second kappa shape index (κ2) is 8.09. The zero-order valence-electron chi connectivity index (χ0n) is 12.8. The van der Waals surface area contributed by atoms with E-state index in [1.807, 2.05) is 26.2 Å². The first-order valence-electron chi connectivity index (χ1n) is 6.90. The van der Waals surface area contributed by atoms with Gasteiger partial charge in [0.15, 0.2) is 0 Å². The number of nitro benzene ring substituents is 1. The van der Waals surface area contributed by atoms with Gasteiger partial charge in [-0.25, -0.2) is 0 Å². The van der Waals surface area contributed by atoms with E-state index in [0.29, 0.717) is 10.5 Å². The quantitative estimate of drug-likeness (QED) is 0.416. The molecule has 0 aromatic heterocycles. The molecule has 2 aromatic carbocycles. The first kappa shape index (κ1) is 18.2. The lowest BCUT2D eigenvalue weighted by atomic mass is 10.2. The number of hydrogen-bond donors (Lipinski definition) is 1. The summed E-state index contributed by atoms with van der Waals surface area (Å²) in [6, 6.07) is 10.9. The minimum absolute atomic E-state index is 0.0240. The minimum Gasteiger partial charge on any atom is -0.392 e. The van der Waals surface area contributed by atoms with Crippen LogP contribution in [0.5, 0.6) is 0 Å². The molecule has 2 aromatic rings. The molecule has 0 amide bonds. The predicted molar refractivity (Wildman–Crippen MR) is 99.7 cm³/mol. The van der Waals surface area contributed by atoms with E-state index in [2.05, 4.69) is 33.6 Å². The van der Waals surface area contributed by atoms with Crippen molar-refractivity contribution in [2.24, 2.45) is 0 Å². The first-order valence-corrected chi connectivity index (χ1v) is 8.79. The molecule has 0 unspecified atom stereocenters. The SMILES string of the molecule is CN(C)Cc1cc(I)ccc1Sc1ccc(CO)cc1[N+](=O)[O-]. The van der Waals surface area contributed by atoms with Crippen LogP contribution in [0.25, 0.3) is 0 Å².